The number of aromatic hydroxyl groups is 1. The van der Waals surface area contributed by atoms with Gasteiger partial charge in [-0.1, -0.05) is 71.9 Å². The zero-order valence-electron chi connectivity index (χ0n) is 15.8. The predicted octanol–water partition coefficient (Wildman–Crippen LogP) is 5.04. The molecule has 0 aliphatic carbocycles. The third-order valence-corrected chi connectivity index (χ3v) is 4.79. The molecule has 2 aromatic rings. The summed E-state index contributed by atoms with van der Waals surface area (Å²) >= 11 is 0. The van der Waals surface area contributed by atoms with Gasteiger partial charge in [-0.15, -0.1) is 0 Å². The third-order valence-electron chi connectivity index (χ3n) is 4.79. The highest BCUT2D eigenvalue weighted by Crippen LogP contribution is 2.48. The van der Waals surface area contributed by atoms with Gasteiger partial charge in [0.25, 0.3) is 0 Å². The highest BCUT2D eigenvalue weighted by Gasteiger charge is 2.40. The van der Waals surface area contributed by atoms with Crippen LogP contribution < -0.4 is 4.74 Å². The number of ether oxygens (including phenoxy) is 1. The first-order valence-corrected chi connectivity index (χ1v) is 8.68. The Morgan fingerprint density at radius 2 is 1.56 bits per heavy atom. The standard InChI is InChI=1S/C22H26O3/c1-21(2,3)13-11-15-18(14-9-7-8-10-17(14)23)20(24)25-19(15)16(12-13)22(4,5)6/h7-12,18,23H,1-6H3. The van der Waals surface area contributed by atoms with Crippen LogP contribution in [0.4, 0.5) is 0 Å². The number of phenolic OH excluding ortho intramolecular Hbond substituents is 1. The molecule has 132 valence electrons. The molecule has 3 heteroatoms. The minimum atomic E-state index is -0.584. The summed E-state index contributed by atoms with van der Waals surface area (Å²) < 4.78 is 5.70. The van der Waals surface area contributed by atoms with E-state index in [1.54, 1.807) is 18.2 Å². The molecule has 1 unspecified atom stereocenters. The van der Waals surface area contributed by atoms with Crippen molar-refractivity contribution in [2.45, 2.75) is 58.3 Å². The molecular formula is C22H26O3. The van der Waals surface area contributed by atoms with Crippen LogP contribution in [-0.2, 0) is 15.6 Å². The van der Waals surface area contributed by atoms with Crippen LogP contribution in [0.2, 0.25) is 0 Å². The van der Waals surface area contributed by atoms with Crippen molar-refractivity contribution in [3.8, 4) is 11.5 Å². The van der Waals surface area contributed by atoms with Gasteiger partial charge in [-0.25, -0.2) is 0 Å². The van der Waals surface area contributed by atoms with Crippen molar-refractivity contribution >= 4 is 5.97 Å². The van der Waals surface area contributed by atoms with Gasteiger partial charge in [-0.3, -0.25) is 4.79 Å². The molecule has 0 fully saturated rings. The summed E-state index contributed by atoms with van der Waals surface area (Å²) in [5.41, 5.74) is 3.43. The van der Waals surface area contributed by atoms with E-state index in [0.29, 0.717) is 11.3 Å². The maximum absolute atomic E-state index is 12.7. The fourth-order valence-corrected chi connectivity index (χ4v) is 3.28. The largest absolute Gasteiger partial charge is 0.508 e. The average Bonchev–Trinajstić information content (AvgIpc) is 2.80. The Balaban J connectivity index is 2.29. The van der Waals surface area contributed by atoms with Crippen molar-refractivity contribution in [2.75, 3.05) is 0 Å². The topological polar surface area (TPSA) is 46.5 Å². The molecule has 1 atom stereocenters. The number of phenols is 1. The van der Waals surface area contributed by atoms with Crippen molar-refractivity contribution in [3.05, 3.63) is 58.7 Å². The quantitative estimate of drug-likeness (QED) is 0.585. The maximum atomic E-state index is 12.7. The van der Waals surface area contributed by atoms with E-state index in [0.717, 1.165) is 16.7 Å². The van der Waals surface area contributed by atoms with Crippen molar-refractivity contribution in [1.29, 1.82) is 0 Å². The molecule has 0 amide bonds. The molecule has 0 saturated carbocycles. The number of rotatable bonds is 1. The summed E-state index contributed by atoms with van der Waals surface area (Å²) in [4.78, 5) is 12.7. The van der Waals surface area contributed by atoms with E-state index in [1.165, 1.54) is 0 Å². The highest BCUT2D eigenvalue weighted by atomic mass is 16.5. The first-order chi connectivity index (χ1) is 11.5. The van der Waals surface area contributed by atoms with E-state index >= 15 is 0 Å². The van der Waals surface area contributed by atoms with Gasteiger partial charge < -0.3 is 9.84 Å². The van der Waals surface area contributed by atoms with Crippen molar-refractivity contribution in [3.63, 3.8) is 0 Å². The number of fused-ring (bicyclic) bond motifs is 1. The van der Waals surface area contributed by atoms with Crippen molar-refractivity contribution in [1.82, 2.24) is 0 Å². The Labute approximate surface area is 149 Å². The minimum Gasteiger partial charge on any atom is -0.508 e. The van der Waals surface area contributed by atoms with E-state index < -0.39 is 5.92 Å². The number of hydrogen-bond donors (Lipinski definition) is 1. The lowest BCUT2D eigenvalue weighted by atomic mass is 9.77. The monoisotopic (exact) mass is 338 g/mol. The summed E-state index contributed by atoms with van der Waals surface area (Å²) in [5, 5.41) is 10.3. The number of benzene rings is 2. The number of carbonyl (C=O) groups is 1. The fourth-order valence-electron chi connectivity index (χ4n) is 3.28. The van der Waals surface area contributed by atoms with Gasteiger partial charge in [0, 0.05) is 16.7 Å². The lowest BCUT2D eigenvalue weighted by Crippen LogP contribution is -2.17. The summed E-state index contributed by atoms with van der Waals surface area (Å²) in [5.74, 6) is -0.137. The van der Waals surface area contributed by atoms with Crippen LogP contribution in [-0.4, -0.2) is 11.1 Å². The minimum absolute atomic E-state index is 0.0516. The van der Waals surface area contributed by atoms with E-state index in [-0.39, 0.29) is 22.5 Å². The summed E-state index contributed by atoms with van der Waals surface area (Å²) in [6.45, 7) is 12.8. The molecule has 1 aliphatic heterocycles. The molecule has 1 heterocycles. The van der Waals surface area contributed by atoms with Crippen molar-refractivity contribution in [2.24, 2.45) is 0 Å². The van der Waals surface area contributed by atoms with Gasteiger partial charge in [0.05, 0.1) is 0 Å². The molecule has 0 bridgehead atoms. The second-order valence-corrected chi connectivity index (χ2v) is 8.86. The van der Waals surface area contributed by atoms with Crippen LogP contribution in [0, 0.1) is 0 Å². The highest BCUT2D eigenvalue weighted by molar-refractivity contribution is 5.91. The Morgan fingerprint density at radius 1 is 0.920 bits per heavy atom. The Hall–Kier alpha value is -2.29. The molecule has 0 spiro atoms. The van der Waals surface area contributed by atoms with Gasteiger partial charge in [0.15, 0.2) is 0 Å². The van der Waals surface area contributed by atoms with Gasteiger partial charge in [-0.2, -0.15) is 0 Å². The first kappa shape index (κ1) is 17.5. The molecule has 0 saturated heterocycles. The smallest absolute Gasteiger partial charge is 0.323 e. The fraction of sp³-hybridized carbons (Fsp3) is 0.409. The van der Waals surface area contributed by atoms with Gasteiger partial charge in [-0.05, 0) is 22.5 Å². The Morgan fingerprint density at radius 3 is 2.12 bits per heavy atom. The molecule has 1 N–H and O–H groups in total. The first-order valence-electron chi connectivity index (χ1n) is 8.68. The second kappa shape index (κ2) is 5.62. The SMILES string of the molecule is CC(C)(C)c1cc2c(c(C(C)(C)C)c1)OC(=O)C2c1ccccc1O. The van der Waals surface area contributed by atoms with Crippen LogP contribution in [0.5, 0.6) is 11.5 Å². The molecule has 0 radical (unpaired) electrons. The molecule has 2 aromatic carbocycles. The van der Waals surface area contributed by atoms with Crippen LogP contribution in [0.25, 0.3) is 0 Å². The second-order valence-electron chi connectivity index (χ2n) is 8.86. The number of hydrogen-bond acceptors (Lipinski definition) is 3. The molecular weight excluding hydrogens is 312 g/mol. The summed E-state index contributed by atoms with van der Waals surface area (Å²) in [6.07, 6.45) is 0. The van der Waals surface area contributed by atoms with Gasteiger partial charge in [0.1, 0.15) is 17.4 Å². The van der Waals surface area contributed by atoms with Crippen molar-refractivity contribution < 1.29 is 14.6 Å². The molecule has 3 rings (SSSR count). The van der Waals surface area contributed by atoms with E-state index in [4.69, 9.17) is 4.74 Å². The molecule has 1 aliphatic rings. The van der Waals surface area contributed by atoms with E-state index in [2.05, 4.69) is 53.7 Å². The molecule has 25 heavy (non-hydrogen) atoms. The van der Waals surface area contributed by atoms with Crippen LogP contribution >= 0.6 is 0 Å². The van der Waals surface area contributed by atoms with Gasteiger partial charge >= 0.3 is 5.97 Å². The average molecular weight is 338 g/mol. The number of para-hydroxylation sites is 1. The lowest BCUT2D eigenvalue weighted by molar-refractivity contribution is -0.133. The van der Waals surface area contributed by atoms with Crippen LogP contribution in [0.15, 0.2) is 36.4 Å². The van der Waals surface area contributed by atoms with E-state index in [1.807, 2.05) is 6.07 Å². The normalized spacial score (nSPS) is 17.4. The lowest BCUT2D eigenvalue weighted by Gasteiger charge is -2.27. The van der Waals surface area contributed by atoms with E-state index in [9.17, 15) is 9.90 Å². The van der Waals surface area contributed by atoms with Gasteiger partial charge in [0.2, 0.25) is 0 Å². The number of carbonyl (C=O) groups excluding carboxylic acids is 1. The molecule has 3 nitrogen and oxygen atoms in total. The van der Waals surface area contributed by atoms with Crippen LogP contribution in [0.3, 0.4) is 0 Å². The Bertz CT molecular complexity index is 835. The zero-order valence-corrected chi connectivity index (χ0v) is 15.8. The summed E-state index contributed by atoms with van der Waals surface area (Å²) in [6, 6.07) is 11.2. The third kappa shape index (κ3) is 3.04. The predicted molar refractivity (Wildman–Crippen MR) is 99.4 cm³/mol. The number of esters is 1. The summed E-state index contributed by atoms with van der Waals surface area (Å²) in [7, 11) is 0. The Kier molecular flexibility index (Phi) is 3.94. The molecule has 0 aromatic heterocycles. The maximum Gasteiger partial charge on any atom is 0.323 e. The zero-order chi connectivity index (χ0) is 18.6. The van der Waals surface area contributed by atoms with Crippen LogP contribution in [0.1, 0.15) is 69.7 Å².